The average Bonchev–Trinajstić information content (AvgIpc) is 3.20. The number of amides is 1. The molecule has 3 atom stereocenters. The molecule has 0 radical (unpaired) electrons. The Morgan fingerprint density at radius 3 is 2.74 bits per heavy atom. The zero-order chi connectivity index (χ0) is 19.2. The zero-order valence-electron chi connectivity index (χ0n) is 15.9. The van der Waals surface area contributed by atoms with Crippen molar-refractivity contribution >= 4 is 11.9 Å². The minimum Gasteiger partial charge on any atom is -0.497 e. The Balaban J connectivity index is 1.73. The van der Waals surface area contributed by atoms with E-state index in [0.29, 0.717) is 25.9 Å². The number of hydrogen-bond donors (Lipinski definition) is 1. The fraction of sp³-hybridized carbons (Fsp3) is 0.619. The van der Waals surface area contributed by atoms with E-state index in [4.69, 9.17) is 9.47 Å². The molecular weight excluding hydrogens is 346 g/mol. The molecule has 1 aromatic carbocycles. The Labute approximate surface area is 160 Å². The lowest BCUT2D eigenvalue weighted by Gasteiger charge is -2.32. The predicted octanol–water partition coefficient (Wildman–Crippen LogP) is 3.09. The van der Waals surface area contributed by atoms with Crippen LogP contribution < -0.4 is 4.74 Å². The van der Waals surface area contributed by atoms with E-state index in [1.165, 1.54) is 0 Å². The lowest BCUT2D eigenvalue weighted by atomic mass is 9.80. The van der Waals surface area contributed by atoms with Gasteiger partial charge in [0.2, 0.25) is 5.91 Å². The summed E-state index contributed by atoms with van der Waals surface area (Å²) in [6.45, 7) is 1.80. The molecule has 3 unspecified atom stereocenters. The number of carbonyl (C=O) groups excluding carboxylic acids is 1. The highest BCUT2D eigenvalue weighted by Crippen LogP contribution is 2.31. The number of carbonyl (C=O) groups is 2. The molecule has 6 heteroatoms. The van der Waals surface area contributed by atoms with Gasteiger partial charge in [-0.3, -0.25) is 9.59 Å². The maximum Gasteiger partial charge on any atom is 0.306 e. The topological polar surface area (TPSA) is 76.1 Å². The van der Waals surface area contributed by atoms with Crippen LogP contribution in [0.5, 0.6) is 5.75 Å². The first-order valence-corrected chi connectivity index (χ1v) is 9.83. The van der Waals surface area contributed by atoms with Crippen LogP contribution in [0.2, 0.25) is 0 Å². The second-order valence-electron chi connectivity index (χ2n) is 7.60. The van der Waals surface area contributed by atoms with E-state index in [2.05, 4.69) is 0 Å². The van der Waals surface area contributed by atoms with Crippen molar-refractivity contribution in [3.8, 4) is 5.75 Å². The summed E-state index contributed by atoms with van der Waals surface area (Å²) in [5.41, 5.74) is 1.01. The monoisotopic (exact) mass is 375 g/mol. The molecule has 1 amide bonds. The van der Waals surface area contributed by atoms with Crippen LogP contribution in [-0.2, 0) is 20.9 Å². The van der Waals surface area contributed by atoms with E-state index in [9.17, 15) is 14.7 Å². The van der Waals surface area contributed by atoms with Gasteiger partial charge in [0.05, 0.1) is 19.1 Å². The summed E-state index contributed by atoms with van der Waals surface area (Å²) >= 11 is 0. The first-order valence-electron chi connectivity index (χ1n) is 9.83. The van der Waals surface area contributed by atoms with Gasteiger partial charge in [0.1, 0.15) is 5.75 Å². The standard InChI is InChI=1S/C21H29NO5/c1-26-18-8-2-5-15(11-18)13-22(14-19-9-4-10-27-19)20(23)16-6-3-7-17(12-16)21(24)25/h2,5,8,11,16-17,19H,3-4,6-7,9-10,12-14H2,1H3,(H,24,25). The van der Waals surface area contributed by atoms with Gasteiger partial charge in [-0.05, 0) is 49.8 Å². The molecule has 1 aliphatic carbocycles. The summed E-state index contributed by atoms with van der Waals surface area (Å²) in [5, 5.41) is 9.34. The molecule has 27 heavy (non-hydrogen) atoms. The van der Waals surface area contributed by atoms with Crippen LogP contribution in [0, 0.1) is 11.8 Å². The third kappa shape index (κ3) is 5.22. The van der Waals surface area contributed by atoms with Crippen molar-refractivity contribution in [1.82, 2.24) is 4.90 Å². The molecule has 1 saturated heterocycles. The quantitative estimate of drug-likeness (QED) is 0.792. The van der Waals surface area contributed by atoms with Crippen molar-refractivity contribution in [3.63, 3.8) is 0 Å². The maximum absolute atomic E-state index is 13.3. The number of nitrogens with zero attached hydrogens (tertiary/aromatic N) is 1. The van der Waals surface area contributed by atoms with Gasteiger partial charge < -0.3 is 19.5 Å². The Morgan fingerprint density at radius 2 is 2.04 bits per heavy atom. The summed E-state index contributed by atoms with van der Waals surface area (Å²) in [5.74, 6) is -0.591. The summed E-state index contributed by atoms with van der Waals surface area (Å²) < 4.78 is 11.0. The van der Waals surface area contributed by atoms with Crippen LogP contribution >= 0.6 is 0 Å². The van der Waals surface area contributed by atoms with E-state index < -0.39 is 11.9 Å². The number of carboxylic acid groups (broad SMARTS) is 1. The SMILES string of the molecule is COc1cccc(CN(CC2CCCO2)C(=O)C2CCCC(C(=O)O)C2)c1. The average molecular weight is 375 g/mol. The van der Waals surface area contributed by atoms with E-state index in [1.54, 1.807) is 7.11 Å². The Morgan fingerprint density at radius 1 is 1.22 bits per heavy atom. The molecule has 1 saturated carbocycles. The van der Waals surface area contributed by atoms with Crippen molar-refractivity contribution in [2.75, 3.05) is 20.3 Å². The van der Waals surface area contributed by atoms with Gasteiger partial charge >= 0.3 is 5.97 Å². The van der Waals surface area contributed by atoms with Crippen molar-refractivity contribution in [2.24, 2.45) is 11.8 Å². The number of methoxy groups -OCH3 is 1. The highest BCUT2D eigenvalue weighted by atomic mass is 16.5. The second kappa shape index (κ2) is 9.22. The van der Waals surface area contributed by atoms with Crippen LogP contribution in [0.4, 0.5) is 0 Å². The summed E-state index contributed by atoms with van der Waals surface area (Å²) in [4.78, 5) is 26.5. The molecule has 1 aromatic rings. The van der Waals surface area contributed by atoms with Gasteiger partial charge in [-0.15, -0.1) is 0 Å². The summed E-state index contributed by atoms with van der Waals surface area (Å²) in [7, 11) is 1.63. The number of carboxylic acids is 1. The Bertz CT molecular complexity index is 656. The highest BCUT2D eigenvalue weighted by Gasteiger charge is 2.34. The number of ether oxygens (including phenoxy) is 2. The lowest BCUT2D eigenvalue weighted by molar-refractivity contribution is -0.146. The number of hydrogen-bond acceptors (Lipinski definition) is 4. The van der Waals surface area contributed by atoms with Gasteiger partial charge in [0.25, 0.3) is 0 Å². The maximum atomic E-state index is 13.3. The molecule has 1 aliphatic heterocycles. The molecule has 3 rings (SSSR count). The normalized spacial score (nSPS) is 25.1. The minimum absolute atomic E-state index is 0.0549. The zero-order valence-corrected chi connectivity index (χ0v) is 15.9. The number of benzene rings is 1. The molecule has 1 N–H and O–H groups in total. The van der Waals surface area contributed by atoms with Crippen LogP contribution in [-0.4, -0.2) is 48.2 Å². The van der Waals surface area contributed by atoms with Gasteiger partial charge in [-0.1, -0.05) is 18.6 Å². The molecule has 0 bridgehead atoms. The molecule has 0 spiro atoms. The third-order valence-electron chi connectivity index (χ3n) is 5.64. The number of aliphatic carboxylic acids is 1. The molecule has 0 aromatic heterocycles. The molecule has 2 aliphatic rings. The van der Waals surface area contributed by atoms with Crippen molar-refractivity contribution < 1.29 is 24.2 Å². The molecule has 2 fully saturated rings. The fourth-order valence-corrected chi connectivity index (χ4v) is 4.15. The first kappa shape index (κ1) is 19.7. The van der Waals surface area contributed by atoms with Crippen LogP contribution in [0.25, 0.3) is 0 Å². The second-order valence-corrected chi connectivity index (χ2v) is 7.60. The van der Waals surface area contributed by atoms with Gasteiger partial charge in [0, 0.05) is 25.6 Å². The lowest BCUT2D eigenvalue weighted by Crippen LogP contribution is -2.42. The van der Waals surface area contributed by atoms with Crippen LogP contribution in [0.15, 0.2) is 24.3 Å². The molecular formula is C21H29NO5. The third-order valence-corrected chi connectivity index (χ3v) is 5.64. The first-order chi connectivity index (χ1) is 13.1. The largest absolute Gasteiger partial charge is 0.497 e. The van der Waals surface area contributed by atoms with Crippen LogP contribution in [0.3, 0.4) is 0 Å². The Kier molecular flexibility index (Phi) is 6.72. The smallest absolute Gasteiger partial charge is 0.306 e. The molecule has 1 heterocycles. The van der Waals surface area contributed by atoms with Crippen molar-refractivity contribution in [2.45, 2.75) is 51.2 Å². The number of rotatable bonds is 7. The van der Waals surface area contributed by atoms with Crippen molar-refractivity contribution in [1.29, 1.82) is 0 Å². The van der Waals surface area contributed by atoms with Gasteiger partial charge in [0.15, 0.2) is 0 Å². The predicted molar refractivity (Wildman–Crippen MR) is 100 cm³/mol. The molecule has 6 nitrogen and oxygen atoms in total. The molecule has 148 valence electrons. The summed E-state index contributed by atoms with van der Waals surface area (Å²) in [6.07, 6.45) is 4.72. The summed E-state index contributed by atoms with van der Waals surface area (Å²) in [6, 6.07) is 7.73. The van der Waals surface area contributed by atoms with E-state index in [1.807, 2.05) is 29.2 Å². The van der Waals surface area contributed by atoms with Gasteiger partial charge in [-0.2, -0.15) is 0 Å². The highest BCUT2D eigenvalue weighted by molar-refractivity contribution is 5.80. The Hall–Kier alpha value is -2.08. The van der Waals surface area contributed by atoms with Crippen molar-refractivity contribution in [3.05, 3.63) is 29.8 Å². The minimum atomic E-state index is -0.786. The fourth-order valence-electron chi connectivity index (χ4n) is 4.15. The van der Waals surface area contributed by atoms with Crippen LogP contribution in [0.1, 0.15) is 44.1 Å². The van der Waals surface area contributed by atoms with Gasteiger partial charge in [-0.25, -0.2) is 0 Å². The van der Waals surface area contributed by atoms with E-state index >= 15 is 0 Å². The van der Waals surface area contributed by atoms with E-state index in [-0.39, 0.29) is 17.9 Å². The van der Waals surface area contributed by atoms with E-state index in [0.717, 1.165) is 43.6 Å².